The first-order chi connectivity index (χ1) is 10.2. The number of fused-ring (bicyclic) bond motifs is 2. The molecule has 2 atom stereocenters. The van der Waals surface area contributed by atoms with E-state index < -0.39 is 0 Å². The lowest BCUT2D eigenvalue weighted by atomic mass is 10.1. The van der Waals surface area contributed by atoms with E-state index in [2.05, 4.69) is 25.2 Å². The maximum Gasteiger partial charge on any atom is 0.147 e. The summed E-state index contributed by atoms with van der Waals surface area (Å²) < 4.78 is 5.76. The van der Waals surface area contributed by atoms with Gasteiger partial charge in [-0.1, -0.05) is 9.24 Å². The van der Waals surface area contributed by atoms with Crippen LogP contribution in [0, 0.1) is 6.92 Å². The molecule has 0 amide bonds. The fraction of sp³-hybridized carbons (Fsp3) is 0.533. The quantitative estimate of drug-likeness (QED) is 0.688. The standard InChI is InChI=1S/C15H19N4OP/c1-9-7-12-13-11(16-9)4-3-10-8-20-6-2-5-19(10)14(13)18-15(21)17-12/h7,10H,2-6,8,21H2,1H3. The normalized spacial score (nSPS) is 21.8. The molecule has 0 bridgehead atoms. The van der Waals surface area contributed by atoms with Crippen molar-refractivity contribution in [3.05, 3.63) is 17.5 Å². The molecule has 2 aliphatic heterocycles. The van der Waals surface area contributed by atoms with Crippen molar-refractivity contribution < 1.29 is 4.74 Å². The highest BCUT2D eigenvalue weighted by molar-refractivity contribution is 7.26. The maximum absolute atomic E-state index is 5.76. The number of hydrogen-bond acceptors (Lipinski definition) is 5. The van der Waals surface area contributed by atoms with Gasteiger partial charge in [0, 0.05) is 18.8 Å². The molecule has 0 saturated carbocycles. The number of rotatable bonds is 0. The zero-order valence-corrected chi connectivity index (χ0v) is 13.3. The van der Waals surface area contributed by atoms with Gasteiger partial charge in [-0.2, -0.15) is 0 Å². The summed E-state index contributed by atoms with van der Waals surface area (Å²) in [5.74, 6) is 1.04. The highest BCUT2D eigenvalue weighted by atomic mass is 31.0. The highest BCUT2D eigenvalue weighted by Gasteiger charge is 2.29. The Morgan fingerprint density at radius 3 is 3.14 bits per heavy atom. The predicted molar refractivity (Wildman–Crippen MR) is 86.3 cm³/mol. The van der Waals surface area contributed by atoms with Crippen LogP contribution in [0.5, 0.6) is 0 Å². The molecule has 0 aromatic carbocycles. The molecule has 4 rings (SSSR count). The van der Waals surface area contributed by atoms with Crippen LogP contribution in [0.25, 0.3) is 10.9 Å². The molecule has 0 N–H and O–H groups in total. The van der Waals surface area contributed by atoms with Crippen molar-refractivity contribution in [3.63, 3.8) is 0 Å². The zero-order chi connectivity index (χ0) is 14.4. The summed E-state index contributed by atoms with van der Waals surface area (Å²) in [6.07, 6.45) is 3.08. The molecule has 0 aliphatic carbocycles. The fourth-order valence-corrected chi connectivity index (χ4v) is 3.66. The van der Waals surface area contributed by atoms with Crippen molar-refractivity contribution in [3.8, 4) is 0 Å². The van der Waals surface area contributed by atoms with Gasteiger partial charge in [-0.15, -0.1) is 0 Å². The Bertz CT molecular complexity index is 700. The van der Waals surface area contributed by atoms with Crippen LogP contribution in [-0.2, 0) is 11.2 Å². The first-order valence-electron chi connectivity index (χ1n) is 7.50. The Labute approximate surface area is 126 Å². The van der Waals surface area contributed by atoms with Crippen molar-refractivity contribution in [1.82, 2.24) is 15.0 Å². The molecule has 1 fully saturated rings. The Kier molecular flexibility index (Phi) is 3.27. The maximum atomic E-state index is 5.76. The van der Waals surface area contributed by atoms with E-state index in [1.165, 1.54) is 0 Å². The molecule has 2 aromatic rings. The third-order valence-corrected chi connectivity index (χ3v) is 4.56. The summed E-state index contributed by atoms with van der Waals surface area (Å²) in [5, 5.41) is 1.14. The van der Waals surface area contributed by atoms with E-state index in [9.17, 15) is 0 Å². The molecule has 110 valence electrons. The van der Waals surface area contributed by atoms with E-state index in [0.717, 1.165) is 72.7 Å². The summed E-state index contributed by atoms with van der Waals surface area (Å²) >= 11 is 0. The van der Waals surface area contributed by atoms with E-state index >= 15 is 0 Å². The van der Waals surface area contributed by atoms with Gasteiger partial charge in [0.2, 0.25) is 0 Å². The monoisotopic (exact) mass is 302 g/mol. The molecule has 21 heavy (non-hydrogen) atoms. The van der Waals surface area contributed by atoms with Crippen LogP contribution in [0.15, 0.2) is 6.07 Å². The van der Waals surface area contributed by atoms with E-state index in [1.54, 1.807) is 0 Å². The SMILES string of the molecule is Cc1cc2nc(P)nc3c2c(n1)CCC1COCCCN31. The Morgan fingerprint density at radius 2 is 2.24 bits per heavy atom. The second kappa shape index (κ2) is 5.15. The van der Waals surface area contributed by atoms with Crippen LogP contribution in [0.2, 0.25) is 0 Å². The molecular formula is C15H19N4OP. The number of hydrogen-bond donors (Lipinski definition) is 0. The average molecular weight is 302 g/mol. The summed E-state index contributed by atoms with van der Waals surface area (Å²) in [7, 11) is 2.63. The minimum atomic E-state index is 0.393. The number of pyridine rings is 1. The minimum absolute atomic E-state index is 0.393. The first-order valence-corrected chi connectivity index (χ1v) is 8.08. The lowest BCUT2D eigenvalue weighted by Crippen LogP contribution is -2.38. The van der Waals surface area contributed by atoms with E-state index in [4.69, 9.17) is 14.7 Å². The molecule has 2 aromatic heterocycles. The van der Waals surface area contributed by atoms with E-state index in [-0.39, 0.29) is 0 Å². The molecular weight excluding hydrogens is 283 g/mol. The molecule has 4 heterocycles. The molecule has 2 aliphatic rings. The minimum Gasteiger partial charge on any atom is -0.379 e. The van der Waals surface area contributed by atoms with Crippen molar-refractivity contribution in [2.45, 2.75) is 32.2 Å². The van der Waals surface area contributed by atoms with E-state index in [0.29, 0.717) is 6.04 Å². The van der Waals surface area contributed by atoms with Gasteiger partial charge in [0.15, 0.2) is 0 Å². The fourth-order valence-electron chi connectivity index (χ4n) is 3.40. The van der Waals surface area contributed by atoms with Crippen LogP contribution in [0.3, 0.4) is 0 Å². The number of anilines is 1. The highest BCUT2D eigenvalue weighted by Crippen LogP contribution is 2.33. The average Bonchev–Trinajstić information content (AvgIpc) is 2.74. The number of ether oxygens (including phenoxy) is 1. The second-order valence-electron chi connectivity index (χ2n) is 5.82. The number of aromatic nitrogens is 3. The lowest BCUT2D eigenvalue weighted by Gasteiger charge is -2.29. The van der Waals surface area contributed by atoms with Crippen molar-refractivity contribution in [2.24, 2.45) is 0 Å². The second-order valence-corrected chi connectivity index (χ2v) is 6.34. The van der Waals surface area contributed by atoms with Crippen LogP contribution >= 0.6 is 9.24 Å². The van der Waals surface area contributed by atoms with Crippen molar-refractivity contribution in [1.29, 1.82) is 0 Å². The topological polar surface area (TPSA) is 51.1 Å². The summed E-state index contributed by atoms with van der Waals surface area (Å²) in [6.45, 7) is 4.65. The third kappa shape index (κ3) is 2.29. The van der Waals surface area contributed by atoms with Gasteiger partial charge < -0.3 is 9.64 Å². The predicted octanol–water partition coefficient (Wildman–Crippen LogP) is 1.38. The number of aryl methyl sites for hydroxylation is 2. The number of nitrogens with zero attached hydrogens (tertiary/aromatic N) is 4. The van der Waals surface area contributed by atoms with Crippen molar-refractivity contribution >= 4 is 31.5 Å². The summed E-state index contributed by atoms with van der Waals surface area (Å²) in [6, 6.07) is 2.45. The molecule has 1 saturated heterocycles. The summed E-state index contributed by atoms with van der Waals surface area (Å²) in [5.41, 5.74) is 3.93. The van der Waals surface area contributed by atoms with Crippen LogP contribution in [0.1, 0.15) is 24.2 Å². The van der Waals surface area contributed by atoms with Crippen molar-refractivity contribution in [2.75, 3.05) is 24.7 Å². The van der Waals surface area contributed by atoms with E-state index in [1.807, 2.05) is 6.92 Å². The van der Waals surface area contributed by atoms with Gasteiger partial charge in [0.05, 0.1) is 29.2 Å². The molecule has 2 unspecified atom stereocenters. The Hall–Kier alpha value is -1.32. The van der Waals surface area contributed by atoms with Gasteiger partial charge in [-0.3, -0.25) is 4.98 Å². The third-order valence-electron chi connectivity index (χ3n) is 4.31. The Morgan fingerprint density at radius 1 is 1.33 bits per heavy atom. The van der Waals surface area contributed by atoms with Gasteiger partial charge in [-0.05, 0) is 32.3 Å². The van der Waals surface area contributed by atoms with Crippen LogP contribution < -0.4 is 10.5 Å². The largest absolute Gasteiger partial charge is 0.379 e. The first kappa shape index (κ1) is 13.4. The zero-order valence-electron chi connectivity index (χ0n) is 12.2. The van der Waals surface area contributed by atoms with Gasteiger partial charge in [-0.25, -0.2) is 9.97 Å². The van der Waals surface area contributed by atoms with Crippen LogP contribution in [-0.4, -0.2) is 40.8 Å². The van der Waals surface area contributed by atoms with Gasteiger partial charge in [0.1, 0.15) is 11.4 Å². The Balaban J connectivity index is 1.98. The molecule has 6 heteroatoms. The molecule has 0 radical (unpaired) electrons. The summed E-state index contributed by atoms with van der Waals surface area (Å²) in [4.78, 5) is 16.5. The molecule has 5 nitrogen and oxygen atoms in total. The smallest absolute Gasteiger partial charge is 0.147 e. The van der Waals surface area contributed by atoms with Gasteiger partial charge >= 0.3 is 0 Å². The van der Waals surface area contributed by atoms with Crippen LogP contribution in [0.4, 0.5) is 5.82 Å². The van der Waals surface area contributed by atoms with Gasteiger partial charge in [0.25, 0.3) is 0 Å². The lowest BCUT2D eigenvalue weighted by molar-refractivity contribution is 0.132. The molecule has 0 spiro atoms.